The van der Waals surface area contributed by atoms with Crippen molar-refractivity contribution in [2.45, 2.75) is 39.0 Å². The van der Waals surface area contributed by atoms with Gasteiger partial charge in [0, 0.05) is 48.9 Å². The Balaban J connectivity index is 1.72. The lowest BCUT2D eigenvalue weighted by Crippen LogP contribution is -2.18. The van der Waals surface area contributed by atoms with Crippen LogP contribution >= 0.6 is 0 Å². The lowest BCUT2D eigenvalue weighted by atomic mass is 9.80. The number of rotatable bonds is 9. The summed E-state index contributed by atoms with van der Waals surface area (Å²) in [4.78, 5) is 14.5. The van der Waals surface area contributed by atoms with Crippen molar-refractivity contribution in [3.05, 3.63) is 42.0 Å². The van der Waals surface area contributed by atoms with Gasteiger partial charge in [-0.2, -0.15) is 0 Å². The standard InChI is InChI=1S/C21H26FN3O3/c1-14(26)5-7-21(2,3)16-13-23-18-12-17(22)19(11-15(16)18)27-9-10-28-20-6-8-25(4)24-20/h6,8,11-13,23H,5,7,9-10H2,1-4H3. The Hall–Kier alpha value is -2.83. The summed E-state index contributed by atoms with van der Waals surface area (Å²) in [6, 6.07) is 4.91. The number of carbonyl (C=O) groups is 1. The number of benzene rings is 1. The van der Waals surface area contributed by atoms with Crippen LogP contribution in [0, 0.1) is 5.82 Å². The van der Waals surface area contributed by atoms with E-state index in [0.29, 0.717) is 17.8 Å². The second kappa shape index (κ2) is 8.04. The highest BCUT2D eigenvalue weighted by Crippen LogP contribution is 2.36. The van der Waals surface area contributed by atoms with Crippen LogP contribution in [-0.2, 0) is 17.3 Å². The van der Waals surface area contributed by atoms with Gasteiger partial charge in [0.1, 0.15) is 19.0 Å². The molecule has 0 unspecified atom stereocenters. The highest BCUT2D eigenvalue weighted by atomic mass is 19.1. The van der Waals surface area contributed by atoms with E-state index in [1.165, 1.54) is 6.07 Å². The number of aromatic amines is 1. The molecule has 0 aliphatic carbocycles. The second-order valence-corrected chi connectivity index (χ2v) is 7.64. The highest BCUT2D eigenvalue weighted by molar-refractivity contribution is 5.86. The SMILES string of the molecule is CC(=O)CCC(C)(C)c1c[nH]c2cc(F)c(OCCOc3ccn(C)n3)cc12. The van der Waals surface area contributed by atoms with Gasteiger partial charge in [-0.25, -0.2) is 4.39 Å². The summed E-state index contributed by atoms with van der Waals surface area (Å²) in [7, 11) is 1.81. The lowest BCUT2D eigenvalue weighted by molar-refractivity contribution is -0.117. The van der Waals surface area contributed by atoms with E-state index in [1.807, 2.05) is 6.20 Å². The fraction of sp³-hybridized carbons (Fsp3) is 0.429. The third-order valence-electron chi connectivity index (χ3n) is 4.85. The first-order valence-corrected chi connectivity index (χ1v) is 9.32. The normalized spacial score (nSPS) is 11.8. The Bertz CT molecular complexity index is 975. The van der Waals surface area contributed by atoms with Crippen molar-refractivity contribution in [2.75, 3.05) is 13.2 Å². The number of ketones is 1. The molecular weight excluding hydrogens is 361 g/mol. The zero-order valence-corrected chi connectivity index (χ0v) is 16.7. The van der Waals surface area contributed by atoms with Crippen LogP contribution < -0.4 is 9.47 Å². The Morgan fingerprint density at radius 3 is 2.71 bits per heavy atom. The number of hydrogen-bond donors (Lipinski definition) is 1. The molecule has 6 nitrogen and oxygen atoms in total. The first kappa shape index (κ1) is 19.9. The van der Waals surface area contributed by atoms with Gasteiger partial charge in [-0.1, -0.05) is 13.8 Å². The summed E-state index contributed by atoms with van der Waals surface area (Å²) in [5.74, 6) is 0.415. The van der Waals surface area contributed by atoms with E-state index in [0.717, 1.165) is 17.4 Å². The van der Waals surface area contributed by atoms with Crippen molar-refractivity contribution in [1.82, 2.24) is 14.8 Å². The van der Waals surface area contributed by atoms with Crippen molar-refractivity contribution in [3.8, 4) is 11.6 Å². The topological polar surface area (TPSA) is 69.1 Å². The van der Waals surface area contributed by atoms with Crippen molar-refractivity contribution in [2.24, 2.45) is 7.05 Å². The molecular formula is C21H26FN3O3. The summed E-state index contributed by atoms with van der Waals surface area (Å²) >= 11 is 0. The van der Waals surface area contributed by atoms with E-state index in [9.17, 15) is 9.18 Å². The predicted molar refractivity (Wildman–Crippen MR) is 105 cm³/mol. The predicted octanol–water partition coefficient (Wildman–Crippen LogP) is 4.15. The molecule has 28 heavy (non-hydrogen) atoms. The number of aryl methyl sites for hydroxylation is 1. The average Bonchev–Trinajstić information content (AvgIpc) is 3.23. The second-order valence-electron chi connectivity index (χ2n) is 7.64. The summed E-state index contributed by atoms with van der Waals surface area (Å²) < 4.78 is 27.1. The van der Waals surface area contributed by atoms with Gasteiger partial charge in [-0.05, 0) is 30.4 Å². The molecule has 0 radical (unpaired) electrons. The number of carbonyl (C=O) groups excluding carboxylic acids is 1. The fourth-order valence-corrected chi connectivity index (χ4v) is 3.19. The van der Waals surface area contributed by atoms with E-state index in [1.54, 1.807) is 37.0 Å². The Morgan fingerprint density at radius 1 is 1.29 bits per heavy atom. The molecule has 0 atom stereocenters. The number of hydrogen-bond acceptors (Lipinski definition) is 4. The van der Waals surface area contributed by atoms with Gasteiger partial charge in [0.25, 0.3) is 0 Å². The van der Waals surface area contributed by atoms with Gasteiger partial charge < -0.3 is 19.3 Å². The Labute approximate surface area is 163 Å². The zero-order valence-electron chi connectivity index (χ0n) is 16.7. The van der Waals surface area contributed by atoms with Gasteiger partial charge in [-0.3, -0.25) is 4.68 Å². The minimum absolute atomic E-state index is 0.163. The smallest absolute Gasteiger partial charge is 0.232 e. The molecule has 0 spiro atoms. The van der Waals surface area contributed by atoms with Crippen LogP contribution in [0.25, 0.3) is 10.9 Å². The molecule has 0 saturated heterocycles. The van der Waals surface area contributed by atoms with E-state index in [-0.39, 0.29) is 30.2 Å². The minimum Gasteiger partial charge on any atom is -0.487 e. The molecule has 0 aliphatic heterocycles. The largest absolute Gasteiger partial charge is 0.487 e. The number of Topliss-reactive ketones (excluding diaryl/α,β-unsaturated/α-hetero) is 1. The molecule has 0 fully saturated rings. The number of aromatic nitrogens is 3. The molecule has 0 bridgehead atoms. The van der Waals surface area contributed by atoms with Gasteiger partial charge in [0.2, 0.25) is 5.88 Å². The zero-order chi connectivity index (χ0) is 20.3. The summed E-state index contributed by atoms with van der Waals surface area (Å²) in [5, 5.41) is 5.01. The molecule has 7 heteroatoms. The van der Waals surface area contributed by atoms with Crippen LogP contribution in [0.2, 0.25) is 0 Å². The number of nitrogens with one attached hydrogen (secondary N) is 1. The molecule has 2 heterocycles. The maximum absolute atomic E-state index is 14.4. The van der Waals surface area contributed by atoms with Crippen LogP contribution in [0.15, 0.2) is 30.6 Å². The fourth-order valence-electron chi connectivity index (χ4n) is 3.19. The molecule has 0 saturated carbocycles. The number of nitrogens with zero attached hydrogens (tertiary/aromatic N) is 2. The van der Waals surface area contributed by atoms with E-state index >= 15 is 0 Å². The lowest BCUT2D eigenvalue weighted by Gasteiger charge is -2.24. The van der Waals surface area contributed by atoms with Crippen LogP contribution in [0.4, 0.5) is 4.39 Å². The Morgan fingerprint density at radius 2 is 2.04 bits per heavy atom. The van der Waals surface area contributed by atoms with E-state index in [4.69, 9.17) is 9.47 Å². The van der Waals surface area contributed by atoms with Crippen LogP contribution in [0.5, 0.6) is 11.6 Å². The molecule has 1 N–H and O–H groups in total. The number of ether oxygens (including phenoxy) is 2. The van der Waals surface area contributed by atoms with Crippen molar-refractivity contribution in [1.29, 1.82) is 0 Å². The van der Waals surface area contributed by atoms with Crippen LogP contribution in [0.3, 0.4) is 0 Å². The van der Waals surface area contributed by atoms with Crippen LogP contribution in [0.1, 0.15) is 39.2 Å². The van der Waals surface area contributed by atoms with Gasteiger partial charge in [-0.15, -0.1) is 5.10 Å². The third-order valence-corrected chi connectivity index (χ3v) is 4.85. The highest BCUT2D eigenvalue weighted by Gasteiger charge is 2.25. The quantitative estimate of drug-likeness (QED) is 0.560. The van der Waals surface area contributed by atoms with E-state index < -0.39 is 5.82 Å². The van der Waals surface area contributed by atoms with Crippen molar-refractivity contribution in [3.63, 3.8) is 0 Å². The maximum atomic E-state index is 14.4. The molecule has 150 valence electrons. The molecule has 0 aliphatic rings. The Kier molecular flexibility index (Phi) is 5.72. The molecule has 3 aromatic rings. The average molecular weight is 387 g/mol. The summed E-state index contributed by atoms with van der Waals surface area (Å²) in [5.41, 5.74) is 1.53. The monoisotopic (exact) mass is 387 g/mol. The van der Waals surface area contributed by atoms with Crippen molar-refractivity contribution >= 4 is 16.7 Å². The summed E-state index contributed by atoms with van der Waals surface area (Å²) in [6.45, 7) is 6.23. The summed E-state index contributed by atoms with van der Waals surface area (Å²) in [6.07, 6.45) is 4.90. The van der Waals surface area contributed by atoms with Gasteiger partial charge >= 0.3 is 0 Å². The van der Waals surface area contributed by atoms with Crippen LogP contribution in [-0.4, -0.2) is 33.8 Å². The molecule has 1 aromatic carbocycles. The van der Waals surface area contributed by atoms with Crippen molar-refractivity contribution < 1.29 is 18.7 Å². The maximum Gasteiger partial charge on any atom is 0.232 e. The number of halogens is 1. The van der Waals surface area contributed by atoms with E-state index in [2.05, 4.69) is 23.9 Å². The van der Waals surface area contributed by atoms with Gasteiger partial charge in [0.05, 0.1) is 0 Å². The molecule has 3 rings (SSSR count). The van der Waals surface area contributed by atoms with Gasteiger partial charge in [0.15, 0.2) is 11.6 Å². The molecule has 0 amide bonds. The minimum atomic E-state index is -0.430. The first-order valence-electron chi connectivity index (χ1n) is 9.32. The third kappa shape index (κ3) is 4.52. The number of H-pyrrole nitrogens is 1. The first-order chi connectivity index (χ1) is 13.3. The molecule has 2 aromatic heterocycles. The number of fused-ring (bicyclic) bond motifs is 1.